The highest BCUT2D eigenvalue weighted by atomic mass is 35.5. The van der Waals surface area contributed by atoms with Gasteiger partial charge in [0.25, 0.3) is 5.91 Å². The van der Waals surface area contributed by atoms with E-state index in [1.165, 1.54) is 18.5 Å². The van der Waals surface area contributed by atoms with Gasteiger partial charge in [0.05, 0.1) is 25.5 Å². The molecule has 4 aromatic rings. The largest absolute Gasteiger partial charge is 0.490 e. The Morgan fingerprint density at radius 1 is 1.19 bits per heavy atom. The van der Waals surface area contributed by atoms with Gasteiger partial charge in [-0.15, -0.1) is 0 Å². The first-order valence-corrected chi connectivity index (χ1v) is 12.6. The normalized spacial score (nSPS) is 13.0. The van der Waals surface area contributed by atoms with Gasteiger partial charge in [-0.3, -0.25) is 4.79 Å². The predicted octanol–water partition coefficient (Wildman–Crippen LogP) is 5.18. The number of halogens is 2. The van der Waals surface area contributed by atoms with E-state index in [4.69, 9.17) is 32.4 Å². The highest BCUT2D eigenvalue weighted by Crippen LogP contribution is 2.32. The fourth-order valence-corrected chi connectivity index (χ4v) is 4.66. The maximum absolute atomic E-state index is 13.0. The summed E-state index contributed by atoms with van der Waals surface area (Å²) < 4.78 is 13.0. The van der Waals surface area contributed by atoms with Crippen LogP contribution in [-0.4, -0.2) is 33.2 Å². The van der Waals surface area contributed by atoms with Crippen molar-refractivity contribution in [3.63, 3.8) is 0 Å². The van der Waals surface area contributed by atoms with E-state index in [9.17, 15) is 14.7 Å². The molecule has 0 radical (unpaired) electrons. The van der Waals surface area contributed by atoms with Crippen LogP contribution in [0.25, 0.3) is 11.0 Å². The van der Waals surface area contributed by atoms with E-state index in [-0.39, 0.29) is 29.8 Å². The lowest BCUT2D eigenvalue weighted by atomic mass is 9.93. The third-order valence-electron chi connectivity index (χ3n) is 6.14. The molecule has 2 aromatic heterocycles. The number of amides is 1. The van der Waals surface area contributed by atoms with E-state index in [0.717, 1.165) is 12.8 Å². The van der Waals surface area contributed by atoms with Crippen LogP contribution in [0.2, 0.25) is 10.0 Å². The van der Waals surface area contributed by atoms with Crippen LogP contribution in [0.5, 0.6) is 5.75 Å². The quantitative estimate of drug-likeness (QED) is 0.267. The molecule has 4 rings (SSSR count). The molecule has 0 aliphatic heterocycles. The van der Waals surface area contributed by atoms with Crippen molar-refractivity contribution < 1.29 is 19.1 Å². The fourth-order valence-electron chi connectivity index (χ4n) is 4.08. The lowest BCUT2D eigenvalue weighted by Crippen LogP contribution is -2.44. The maximum atomic E-state index is 13.0. The van der Waals surface area contributed by atoms with Gasteiger partial charge < -0.3 is 24.1 Å². The van der Waals surface area contributed by atoms with Gasteiger partial charge in [0.15, 0.2) is 0 Å². The summed E-state index contributed by atoms with van der Waals surface area (Å²) in [7, 11) is 0. The standard InChI is InChI=1S/C27H27Cl2N3O5/c1-3-19(4-2)36-20-7-5-17-11-21(26(34)37-24(17)13-20)25(33)31-14-27(35,15-32-10-9-30-16-32)22-8-6-18(28)12-23(22)29/h5-13,16,19,35H,3-4,14-15H2,1-2H3,(H,31,33). The smallest absolute Gasteiger partial charge is 0.349 e. The minimum absolute atomic E-state index is 0.0419. The molecule has 194 valence electrons. The first-order chi connectivity index (χ1) is 17.7. The van der Waals surface area contributed by atoms with Crippen LogP contribution in [0, 0.1) is 0 Å². The minimum Gasteiger partial charge on any atom is -0.490 e. The molecular weight excluding hydrogens is 517 g/mol. The number of aromatic nitrogens is 2. The summed E-state index contributed by atoms with van der Waals surface area (Å²) in [6, 6.07) is 11.3. The first-order valence-electron chi connectivity index (χ1n) is 11.9. The van der Waals surface area contributed by atoms with Crippen molar-refractivity contribution in [1.82, 2.24) is 14.9 Å². The summed E-state index contributed by atoms with van der Waals surface area (Å²) in [4.78, 5) is 29.7. The summed E-state index contributed by atoms with van der Waals surface area (Å²) in [6.45, 7) is 3.88. The van der Waals surface area contributed by atoms with Crippen molar-refractivity contribution in [3.05, 3.63) is 92.8 Å². The van der Waals surface area contributed by atoms with E-state index in [0.29, 0.717) is 27.3 Å². The summed E-state index contributed by atoms with van der Waals surface area (Å²) in [6.07, 6.45) is 6.55. The highest BCUT2D eigenvalue weighted by Gasteiger charge is 2.33. The van der Waals surface area contributed by atoms with Crippen molar-refractivity contribution >= 4 is 40.1 Å². The van der Waals surface area contributed by atoms with Gasteiger partial charge in [-0.25, -0.2) is 9.78 Å². The molecule has 1 atom stereocenters. The summed E-state index contributed by atoms with van der Waals surface area (Å²) in [5, 5.41) is 15.5. The zero-order valence-corrected chi connectivity index (χ0v) is 21.9. The number of nitrogens with one attached hydrogen (secondary N) is 1. The molecule has 2 aromatic carbocycles. The number of hydrogen-bond donors (Lipinski definition) is 2. The Morgan fingerprint density at radius 2 is 1.97 bits per heavy atom. The van der Waals surface area contributed by atoms with Crippen molar-refractivity contribution in [3.8, 4) is 5.75 Å². The van der Waals surface area contributed by atoms with Gasteiger partial charge in [0.2, 0.25) is 0 Å². The third-order valence-corrected chi connectivity index (χ3v) is 6.69. The molecule has 37 heavy (non-hydrogen) atoms. The molecule has 1 unspecified atom stereocenters. The average molecular weight is 544 g/mol. The summed E-state index contributed by atoms with van der Waals surface area (Å²) >= 11 is 12.4. The van der Waals surface area contributed by atoms with Gasteiger partial charge in [-0.1, -0.05) is 43.1 Å². The Morgan fingerprint density at radius 3 is 2.65 bits per heavy atom. The van der Waals surface area contributed by atoms with E-state index < -0.39 is 17.1 Å². The minimum atomic E-state index is -1.63. The Balaban J connectivity index is 1.58. The van der Waals surface area contributed by atoms with Crippen LogP contribution in [0.3, 0.4) is 0 Å². The van der Waals surface area contributed by atoms with Crippen LogP contribution >= 0.6 is 23.2 Å². The van der Waals surface area contributed by atoms with Gasteiger partial charge in [-0.2, -0.15) is 0 Å². The lowest BCUT2D eigenvalue weighted by molar-refractivity contribution is 0.0185. The number of imidazole rings is 1. The Kier molecular flexibility index (Phi) is 8.22. The number of aliphatic hydroxyl groups is 1. The molecule has 0 saturated heterocycles. The molecule has 8 nitrogen and oxygen atoms in total. The molecule has 0 fully saturated rings. The summed E-state index contributed by atoms with van der Waals surface area (Å²) in [5.41, 5.74) is -1.94. The van der Waals surface area contributed by atoms with E-state index in [2.05, 4.69) is 10.3 Å². The second-order valence-corrected chi connectivity index (χ2v) is 9.62. The number of rotatable bonds is 10. The second-order valence-electron chi connectivity index (χ2n) is 8.78. The summed E-state index contributed by atoms with van der Waals surface area (Å²) in [5.74, 6) is -0.104. The van der Waals surface area contributed by atoms with Gasteiger partial charge in [0, 0.05) is 39.5 Å². The van der Waals surface area contributed by atoms with Crippen molar-refractivity contribution in [1.29, 1.82) is 0 Å². The number of benzene rings is 2. The Bertz CT molecular complexity index is 1450. The van der Waals surface area contributed by atoms with Crippen molar-refractivity contribution in [2.24, 2.45) is 0 Å². The van der Waals surface area contributed by atoms with Crippen LogP contribution in [-0.2, 0) is 12.1 Å². The van der Waals surface area contributed by atoms with Crippen molar-refractivity contribution in [2.45, 2.75) is 44.9 Å². The molecule has 10 heteroatoms. The molecule has 1 amide bonds. The molecule has 2 N–H and O–H groups in total. The molecular formula is C27H27Cl2N3O5. The number of carbonyl (C=O) groups excluding carboxylic acids is 1. The fraction of sp³-hybridized carbons (Fsp3) is 0.296. The third kappa shape index (κ3) is 6.15. The molecule has 0 bridgehead atoms. The zero-order valence-electron chi connectivity index (χ0n) is 20.4. The number of nitrogens with zero attached hydrogens (tertiary/aromatic N) is 2. The molecule has 0 aliphatic rings. The molecule has 0 saturated carbocycles. The first kappa shape index (κ1) is 26.7. The van der Waals surface area contributed by atoms with E-state index in [1.54, 1.807) is 47.3 Å². The Hall–Kier alpha value is -3.33. The second kappa shape index (κ2) is 11.4. The average Bonchev–Trinajstić information content (AvgIpc) is 3.38. The number of fused-ring (bicyclic) bond motifs is 1. The number of hydrogen-bond acceptors (Lipinski definition) is 6. The molecule has 0 spiro atoms. The van der Waals surface area contributed by atoms with Crippen LogP contribution in [0.15, 0.2) is 70.4 Å². The maximum Gasteiger partial charge on any atom is 0.349 e. The molecule has 2 heterocycles. The van der Waals surface area contributed by atoms with Gasteiger partial charge in [0.1, 0.15) is 22.5 Å². The zero-order chi connectivity index (χ0) is 26.6. The van der Waals surface area contributed by atoms with E-state index in [1.807, 2.05) is 13.8 Å². The lowest BCUT2D eigenvalue weighted by Gasteiger charge is -2.30. The van der Waals surface area contributed by atoms with Crippen LogP contribution in [0.1, 0.15) is 42.6 Å². The van der Waals surface area contributed by atoms with Gasteiger partial charge in [-0.05, 0) is 43.2 Å². The SMILES string of the molecule is CCC(CC)Oc1ccc2cc(C(=O)NCC(O)(Cn3ccnc3)c3ccc(Cl)cc3Cl)c(=O)oc2c1. The van der Waals surface area contributed by atoms with Crippen molar-refractivity contribution in [2.75, 3.05) is 6.54 Å². The predicted molar refractivity (Wildman–Crippen MR) is 142 cm³/mol. The molecule has 0 aliphatic carbocycles. The number of carbonyl (C=O) groups is 1. The topological polar surface area (TPSA) is 107 Å². The van der Waals surface area contributed by atoms with E-state index >= 15 is 0 Å². The Labute approximate surface area is 223 Å². The van der Waals surface area contributed by atoms with Crippen LogP contribution in [0.4, 0.5) is 0 Å². The highest BCUT2D eigenvalue weighted by molar-refractivity contribution is 6.35. The monoisotopic (exact) mass is 543 g/mol. The van der Waals surface area contributed by atoms with Crippen LogP contribution < -0.4 is 15.7 Å². The number of ether oxygens (including phenoxy) is 1. The van der Waals surface area contributed by atoms with Gasteiger partial charge >= 0.3 is 5.63 Å².